The number of benzene rings is 2. The van der Waals surface area contributed by atoms with E-state index < -0.39 is 17.8 Å². The SMILES string of the molecule is CCNC(=O)C(=O)N/N=C\c1ccccc1OCc1ccc(C(=O)O)cc1. The molecule has 0 bridgehead atoms. The number of para-hydroxylation sites is 1. The highest BCUT2D eigenvalue weighted by Gasteiger charge is 2.10. The van der Waals surface area contributed by atoms with Crippen LogP contribution in [-0.2, 0) is 16.2 Å². The Hall–Kier alpha value is -3.68. The molecule has 0 atom stereocenters. The number of likely N-dealkylation sites (N-methyl/N-ethyl adjacent to an activating group) is 1. The van der Waals surface area contributed by atoms with E-state index in [-0.39, 0.29) is 12.2 Å². The summed E-state index contributed by atoms with van der Waals surface area (Å²) in [6, 6.07) is 13.4. The zero-order valence-corrected chi connectivity index (χ0v) is 14.6. The maximum atomic E-state index is 11.5. The average Bonchev–Trinajstić information content (AvgIpc) is 2.67. The van der Waals surface area contributed by atoms with E-state index in [1.54, 1.807) is 43.3 Å². The van der Waals surface area contributed by atoms with Crippen LogP contribution < -0.4 is 15.5 Å². The number of carboxylic acids is 1. The van der Waals surface area contributed by atoms with E-state index in [1.807, 2.05) is 0 Å². The Morgan fingerprint density at radius 2 is 1.78 bits per heavy atom. The first kappa shape index (κ1) is 19.6. The van der Waals surface area contributed by atoms with Gasteiger partial charge in [0.05, 0.1) is 11.8 Å². The predicted molar refractivity (Wildman–Crippen MR) is 98.6 cm³/mol. The molecule has 3 N–H and O–H groups in total. The number of hydrogen-bond donors (Lipinski definition) is 3. The molecule has 0 radical (unpaired) electrons. The molecule has 0 aliphatic rings. The fraction of sp³-hybridized carbons (Fsp3) is 0.158. The smallest absolute Gasteiger partial charge is 0.335 e. The van der Waals surface area contributed by atoms with Gasteiger partial charge in [0.25, 0.3) is 0 Å². The van der Waals surface area contributed by atoms with E-state index in [4.69, 9.17) is 9.84 Å². The number of rotatable bonds is 7. The van der Waals surface area contributed by atoms with Gasteiger partial charge in [0.1, 0.15) is 12.4 Å². The van der Waals surface area contributed by atoms with Crippen LogP contribution in [0.1, 0.15) is 28.4 Å². The third-order valence-corrected chi connectivity index (χ3v) is 3.43. The molecule has 2 aromatic rings. The van der Waals surface area contributed by atoms with Gasteiger partial charge in [-0.05, 0) is 36.8 Å². The molecule has 0 aliphatic carbocycles. The molecular formula is C19H19N3O5. The van der Waals surface area contributed by atoms with Crippen molar-refractivity contribution in [3.05, 3.63) is 65.2 Å². The number of amides is 2. The fourth-order valence-corrected chi connectivity index (χ4v) is 2.08. The van der Waals surface area contributed by atoms with Crippen LogP contribution in [0.25, 0.3) is 0 Å². The van der Waals surface area contributed by atoms with E-state index in [0.29, 0.717) is 17.9 Å². The average molecular weight is 369 g/mol. The minimum absolute atomic E-state index is 0.203. The summed E-state index contributed by atoms with van der Waals surface area (Å²) in [6.07, 6.45) is 1.37. The Bertz CT molecular complexity index is 847. The van der Waals surface area contributed by atoms with Crippen molar-refractivity contribution in [1.29, 1.82) is 0 Å². The zero-order valence-electron chi connectivity index (χ0n) is 14.6. The molecule has 0 fully saturated rings. The molecule has 27 heavy (non-hydrogen) atoms. The van der Waals surface area contributed by atoms with E-state index in [9.17, 15) is 14.4 Å². The van der Waals surface area contributed by atoms with Gasteiger partial charge < -0.3 is 15.2 Å². The lowest BCUT2D eigenvalue weighted by Gasteiger charge is -2.09. The van der Waals surface area contributed by atoms with Crippen molar-refractivity contribution in [2.45, 2.75) is 13.5 Å². The topological polar surface area (TPSA) is 117 Å². The first-order valence-electron chi connectivity index (χ1n) is 8.16. The van der Waals surface area contributed by atoms with Gasteiger partial charge >= 0.3 is 17.8 Å². The lowest BCUT2D eigenvalue weighted by atomic mass is 10.1. The van der Waals surface area contributed by atoms with Crippen LogP contribution in [0.15, 0.2) is 53.6 Å². The van der Waals surface area contributed by atoms with Crippen molar-refractivity contribution in [3.8, 4) is 5.75 Å². The summed E-state index contributed by atoms with van der Waals surface area (Å²) < 4.78 is 5.74. The lowest BCUT2D eigenvalue weighted by Crippen LogP contribution is -2.37. The van der Waals surface area contributed by atoms with Crippen molar-refractivity contribution >= 4 is 24.0 Å². The third kappa shape index (κ3) is 5.96. The predicted octanol–water partition coefficient (Wildman–Crippen LogP) is 1.55. The Kier molecular flexibility index (Phi) is 7.07. The highest BCUT2D eigenvalue weighted by molar-refractivity contribution is 6.35. The number of carbonyl (C=O) groups is 3. The Balaban J connectivity index is 1.98. The summed E-state index contributed by atoms with van der Waals surface area (Å²) in [6.45, 7) is 2.29. The summed E-state index contributed by atoms with van der Waals surface area (Å²) in [5, 5.41) is 15.0. The number of nitrogens with zero attached hydrogens (tertiary/aromatic N) is 1. The van der Waals surface area contributed by atoms with Gasteiger partial charge in [0, 0.05) is 12.1 Å². The molecule has 8 nitrogen and oxygen atoms in total. The number of carboxylic acid groups (broad SMARTS) is 1. The second kappa shape index (κ2) is 9.71. The van der Waals surface area contributed by atoms with Gasteiger partial charge in [-0.25, -0.2) is 10.2 Å². The van der Waals surface area contributed by atoms with Crippen LogP contribution in [0.2, 0.25) is 0 Å². The quantitative estimate of drug-likeness (QED) is 0.389. The standard InChI is InChI=1S/C19H19N3O5/c1-2-20-17(23)18(24)22-21-11-15-5-3-4-6-16(15)27-12-13-7-9-14(10-8-13)19(25)26/h3-11H,2,12H2,1H3,(H,20,23)(H,22,24)(H,25,26)/b21-11-. The number of hydrazone groups is 1. The molecule has 0 aliphatic heterocycles. The van der Waals surface area contributed by atoms with Crippen LogP contribution in [0, 0.1) is 0 Å². The maximum Gasteiger partial charge on any atom is 0.335 e. The van der Waals surface area contributed by atoms with Gasteiger partial charge in [-0.3, -0.25) is 9.59 Å². The molecule has 0 heterocycles. The van der Waals surface area contributed by atoms with Gasteiger partial charge in [-0.2, -0.15) is 5.10 Å². The van der Waals surface area contributed by atoms with E-state index in [0.717, 1.165) is 5.56 Å². The molecule has 0 saturated heterocycles. The summed E-state index contributed by atoms with van der Waals surface area (Å²) in [5.74, 6) is -2.08. The van der Waals surface area contributed by atoms with Crippen LogP contribution in [-0.4, -0.2) is 35.6 Å². The molecule has 2 aromatic carbocycles. The largest absolute Gasteiger partial charge is 0.488 e. The highest BCUT2D eigenvalue weighted by Crippen LogP contribution is 2.18. The second-order valence-electron chi connectivity index (χ2n) is 5.39. The summed E-state index contributed by atoms with van der Waals surface area (Å²) in [4.78, 5) is 33.7. The monoisotopic (exact) mass is 369 g/mol. The summed E-state index contributed by atoms with van der Waals surface area (Å²) in [7, 11) is 0. The van der Waals surface area contributed by atoms with Gasteiger partial charge in [-0.15, -0.1) is 0 Å². The second-order valence-corrected chi connectivity index (χ2v) is 5.39. The number of hydrogen-bond acceptors (Lipinski definition) is 5. The molecule has 2 rings (SSSR count). The maximum absolute atomic E-state index is 11.5. The minimum Gasteiger partial charge on any atom is -0.488 e. The van der Waals surface area contributed by atoms with Gasteiger partial charge in [-0.1, -0.05) is 24.3 Å². The van der Waals surface area contributed by atoms with Crippen molar-refractivity contribution in [3.63, 3.8) is 0 Å². The normalized spacial score (nSPS) is 10.4. The van der Waals surface area contributed by atoms with Crippen LogP contribution in [0.3, 0.4) is 0 Å². The number of ether oxygens (including phenoxy) is 1. The first-order chi connectivity index (χ1) is 13.0. The Morgan fingerprint density at radius 3 is 2.44 bits per heavy atom. The molecular weight excluding hydrogens is 350 g/mol. The van der Waals surface area contributed by atoms with Crippen LogP contribution in [0.5, 0.6) is 5.75 Å². The highest BCUT2D eigenvalue weighted by atomic mass is 16.5. The summed E-state index contributed by atoms with van der Waals surface area (Å²) in [5.41, 5.74) is 3.75. The van der Waals surface area contributed by atoms with Crippen LogP contribution >= 0.6 is 0 Å². The molecule has 8 heteroatoms. The molecule has 0 unspecified atom stereocenters. The number of nitrogens with one attached hydrogen (secondary N) is 2. The van der Waals surface area contributed by atoms with Crippen molar-refractivity contribution in [2.75, 3.05) is 6.54 Å². The van der Waals surface area contributed by atoms with Gasteiger partial charge in [0.15, 0.2) is 0 Å². The number of aromatic carboxylic acids is 1. The third-order valence-electron chi connectivity index (χ3n) is 3.43. The van der Waals surface area contributed by atoms with E-state index in [1.165, 1.54) is 18.3 Å². The lowest BCUT2D eigenvalue weighted by molar-refractivity contribution is -0.139. The fourth-order valence-electron chi connectivity index (χ4n) is 2.08. The number of carbonyl (C=O) groups excluding carboxylic acids is 2. The van der Waals surface area contributed by atoms with E-state index in [2.05, 4.69) is 15.8 Å². The molecule has 0 aromatic heterocycles. The summed E-state index contributed by atoms with van der Waals surface area (Å²) >= 11 is 0. The molecule has 0 spiro atoms. The van der Waals surface area contributed by atoms with Crippen molar-refractivity contribution < 1.29 is 24.2 Å². The van der Waals surface area contributed by atoms with E-state index >= 15 is 0 Å². The van der Waals surface area contributed by atoms with Crippen LogP contribution in [0.4, 0.5) is 0 Å². The Labute approximate surface area is 155 Å². The molecule has 2 amide bonds. The van der Waals surface area contributed by atoms with Crippen molar-refractivity contribution in [2.24, 2.45) is 5.10 Å². The molecule has 0 saturated carbocycles. The minimum atomic E-state index is -0.987. The first-order valence-corrected chi connectivity index (χ1v) is 8.16. The zero-order chi connectivity index (χ0) is 19.6. The molecule has 140 valence electrons. The Morgan fingerprint density at radius 1 is 1.07 bits per heavy atom. The van der Waals surface area contributed by atoms with Crippen molar-refractivity contribution in [1.82, 2.24) is 10.7 Å². The van der Waals surface area contributed by atoms with Gasteiger partial charge in [0.2, 0.25) is 0 Å².